The molecular weight excluding hydrogens is 248 g/mol. The lowest BCUT2D eigenvalue weighted by atomic mass is 9.63. The first-order valence-electron chi connectivity index (χ1n) is 6.00. The van der Waals surface area contributed by atoms with Gasteiger partial charge in [-0.25, -0.2) is 0 Å². The molecule has 0 aromatic heterocycles. The van der Waals surface area contributed by atoms with Crippen LogP contribution in [0.3, 0.4) is 0 Å². The Labute approximate surface area is 109 Å². The van der Waals surface area contributed by atoms with Crippen LogP contribution in [0.4, 0.5) is 0 Å². The van der Waals surface area contributed by atoms with Gasteiger partial charge in [-0.15, -0.1) is 0 Å². The molecule has 3 fully saturated rings. The summed E-state index contributed by atoms with van der Waals surface area (Å²) in [5.41, 5.74) is -0.659. The highest BCUT2D eigenvalue weighted by atomic mass is 16.2. The monoisotopic (exact) mass is 260 g/mol. The van der Waals surface area contributed by atoms with E-state index in [0.717, 1.165) is 4.90 Å². The summed E-state index contributed by atoms with van der Waals surface area (Å²) in [4.78, 5) is 48.8. The van der Waals surface area contributed by atoms with E-state index in [2.05, 4.69) is 11.9 Å². The Balaban J connectivity index is 2.00. The van der Waals surface area contributed by atoms with Crippen LogP contribution in [0.5, 0.6) is 0 Å². The van der Waals surface area contributed by atoms with E-state index in [4.69, 9.17) is 0 Å². The molecule has 0 aromatic carbocycles. The van der Waals surface area contributed by atoms with E-state index in [1.165, 1.54) is 13.0 Å². The minimum Gasteiger partial charge on any atom is -0.294 e. The average Bonchev–Trinajstić information content (AvgIpc) is 2.50. The van der Waals surface area contributed by atoms with Gasteiger partial charge in [-0.2, -0.15) is 0 Å². The first-order chi connectivity index (χ1) is 8.92. The summed E-state index contributed by atoms with van der Waals surface area (Å²) < 4.78 is 0. The fourth-order valence-corrected chi connectivity index (χ4v) is 3.03. The highest BCUT2D eigenvalue weighted by molar-refractivity contribution is 6.24. The predicted octanol–water partition coefficient (Wildman–Crippen LogP) is -0.337. The van der Waals surface area contributed by atoms with Crippen LogP contribution in [0.25, 0.3) is 0 Å². The van der Waals surface area contributed by atoms with Crippen molar-refractivity contribution in [2.75, 3.05) is 0 Å². The summed E-state index contributed by atoms with van der Waals surface area (Å²) >= 11 is 0. The summed E-state index contributed by atoms with van der Waals surface area (Å²) in [5, 5.41) is 2.22. The van der Waals surface area contributed by atoms with Gasteiger partial charge in [-0.3, -0.25) is 29.4 Å². The van der Waals surface area contributed by atoms with Crippen molar-refractivity contribution in [3.63, 3.8) is 0 Å². The molecule has 1 aliphatic carbocycles. The van der Waals surface area contributed by atoms with Crippen molar-refractivity contribution >= 4 is 23.6 Å². The Morgan fingerprint density at radius 2 is 1.89 bits per heavy atom. The lowest BCUT2D eigenvalue weighted by Gasteiger charge is -2.53. The molecule has 0 radical (unpaired) electrons. The van der Waals surface area contributed by atoms with Gasteiger partial charge in [0, 0.05) is 17.1 Å². The Hall–Kier alpha value is -2.24. The molecule has 2 saturated heterocycles. The van der Waals surface area contributed by atoms with Gasteiger partial charge in [0.15, 0.2) is 0 Å². The van der Waals surface area contributed by atoms with Crippen molar-refractivity contribution in [1.29, 1.82) is 0 Å². The first kappa shape index (κ1) is 11.8. The lowest BCUT2D eigenvalue weighted by Crippen LogP contribution is -2.74. The maximum atomic E-state index is 12.2. The second-order valence-electron chi connectivity index (χ2n) is 5.14. The standard InChI is InChI=1S/C13H12N2O4/c1-3-8-6(2)10(17)15(11(8)18)13-4-7(5-13)9(16)14-12(13)19/h3,7H,1,4-5H2,2H3,(H,14,16,19). The van der Waals surface area contributed by atoms with Gasteiger partial charge < -0.3 is 0 Å². The molecule has 0 unspecified atom stereocenters. The summed E-state index contributed by atoms with van der Waals surface area (Å²) in [6.45, 7) is 5.05. The number of carbonyl (C=O) groups is 4. The lowest BCUT2D eigenvalue weighted by molar-refractivity contribution is -0.172. The van der Waals surface area contributed by atoms with Crippen LogP contribution in [-0.2, 0) is 19.2 Å². The maximum absolute atomic E-state index is 12.2. The number of nitrogens with zero attached hydrogens (tertiary/aromatic N) is 1. The number of fused-ring (bicyclic) bond motifs is 2. The van der Waals surface area contributed by atoms with Gasteiger partial charge in [0.05, 0.1) is 0 Å². The number of hydrogen-bond acceptors (Lipinski definition) is 4. The molecule has 1 saturated carbocycles. The molecule has 3 aliphatic heterocycles. The normalized spacial score (nSPS) is 33.5. The zero-order valence-corrected chi connectivity index (χ0v) is 10.4. The molecule has 0 aromatic rings. The second-order valence-corrected chi connectivity index (χ2v) is 5.14. The molecule has 0 atom stereocenters. The van der Waals surface area contributed by atoms with Gasteiger partial charge in [0.2, 0.25) is 5.91 Å². The first-order valence-corrected chi connectivity index (χ1v) is 6.00. The number of nitrogens with one attached hydrogen (secondary N) is 1. The van der Waals surface area contributed by atoms with E-state index < -0.39 is 23.3 Å². The summed E-state index contributed by atoms with van der Waals surface area (Å²) in [5.74, 6) is -2.13. The quantitative estimate of drug-likeness (QED) is 0.689. The molecule has 4 rings (SSSR count). The van der Waals surface area contributed by atoms with Gasteiger partial charge in [0.25, 0.3) is 17.7 Å². The average molecular weight is 260 g/mol. The van der Waals surface area contributed by atoms with E-state index >= 15 is 0 Å². The number of piperidine rings is 2. The molecule has 98 valence electrons. The third-order valence-electron chi connectivity index (χ3n) is 4.19. The third-order valence-corrected chi connectivity index (χ3v) is 4.19. The summed E-state index contributed by atoms with van der Waals surface area (Å²) in [6.07, 6.45) is 1.79. The molecule has 4 amide bonds. The van der Waals surface area contributed by atoms with E-state index in [9.17, 15) is 19.2 Å². The SMILES string of the molecule is C=CC1=C(C)C(=O)N(C23CC(C2)C(=O)NC3=O)C1=O. The summed E-state index contributed by atoms with van der Waals surface area (Å²) in [6, 6.07) is 0. The van der Waals surface area contributed by atoms with Crippen LogP contribution in [0.2, 0.25) is 0 Å². The Morgan fingerprint density at radius 1 is 1.26 bits per heavy atom. The summed E-state index contributed by atoms with van der Waals surface area (Å²) in [7, 11) is 0. The Kier molecular flexibility index (Phi) is 2.12. The van der Waals surface area contributed by atoms with Gasteiger partial charge >= 0.3 is 0 Å². The maximum Gasteiger partial charge on any atom is 0.262 e. The fraction of sp³-hybridized carbons (Fsp3) is 0.385. The number of amides is 4. The van der Waals surface area contributed by atoms with Crippen molar-refractivity contribution in [3.05, 3.63) is 23.8 Å². The number of hydrogen-bond donors (Lipinski definition) is 1. The fourth-order valence-electron chi connectivity index (χ4n) is 3.03. The van der Waals surface area contributed by atoms with Crippen molar-refractivity contribution in [2.24, 2.45) is 5.92 Å². The topological polar surface area (TPSA) is 83.6 Å². The number of rotatable bonds is 2. The Bertz CT molecular complexity index is 596. The van der Waals surface area contributed by atoms with Gasteiger partial charge in [-0.1, -0.05) is 12.7 Å². The minimum atomic E-state index is -1.18. The molecule has 2 bridgehead atoms. The predicted molar refractivity (Wildman–Crippen MR) is 63.4 cm³/mol. The van der Waals surface area contributed by atoms with Crippen LogP contribution in [-0.4, -0.2) is 34.1 Å². The van der Waals surface area contributed by atoms with Gasteiger partial charge in [0.1, 0.15) is 5.54 Å². The van der Waals surface area contributed by atoms with Gasteiger partial charge in [-0.05, 0) is 19.8 Å². The molecular formula is C13H12N2O4. The van der Waals surface area contributed by atoms with Crippen molar-refractivity contribution in [2.45, 2.75) is 25.3 Å². The molecule has 1 N–H and O–H groups in total. The van der Waals surface area contributed by atoms with Crippen LogP contribution in [0.1, 0.15) is 19.8 Å². The molecule has 3 heterocycles. The van der Waals surface area contributed by atoms with E-state index in [1.54, 1.807) is 0 Å². The van der Waals surface area contributed by atoms with Crippen LogP contribution >= 0.6 is 0 Å². The van der Waals surface area contributed by atoms with Crippen molar-refractivity contribution < 1.29 is 19.2 Å². The van der Waals surface area contributed by atoms with E-state index in [-0.39, 0.29) is 30.2 Å². The van der Waals surface area contributed by atoms with Crippen molar-refractivity contribution in [3.8, 4) is 0 Å². The molecule has 19 heavy (non-hydrogen) atoms. The highest BCUT2D eigenvalue weighted by Gasteiger charge is 2.65. The zero-order chi connectivity index (χ0) is 13.9. The van der Waals surface area contributed by atoms with Crippen LogP contribution in [0, 0.1) is 5.92 Å². The minimum absolute atomic E-state index is 0.229. The van der Waals surface area contributed by atoms with Crippen LogP contribution < -0.4 is 5.32 Å². The largest absolute Gasteiger partial charge is 0.294 e. The number of carbonyl (C=O) groups excluding carboxylic acids is 4. The molecule has 0 spiro atoms. The smallest absolute Gasteiger partial charge is 0.262 e. The van der Waals surface area contributed by atoms with Crippen molar-refractivity contribution in [1.82, 2.24) is 10.2 Å². The van der Waals surface area contributed by atoms with Crippen LogP contribution in [0.15, 0.2) is 23.8 Å². The van der Waals surface area contributed by atoms with E-state index in [0.29, 0.717) is 5.57 Å². The molecule has 4 aliphatic rings. The second kappa shape index (κ2) is 3.40. The third kappa shape index (κ3) is 1.21. The highest BCUT2D eigenvalue weighted by Crippen LogP contribution is 2.48. The number of imide groups is 2. The zero-order valence-electron chi connectivity index (χ0n) is 10.4. The molecule has 6 heteroatoms. The van der Waals surface area contributed by atoms with E-state index in [1.807, 2.05) is 0 Å². The Morgan fingerprint density at radius 3 is 2.37 bits per heavy atom. The molecule has 6 nitrogen and oxygen atoms in total.